The molecule has 0 saturated carbocycles. The Bertz CT molecular complexity index is 205. The summed E-state index contributed by atoms with van der Waals surface area (Å²) in [4.78, 5) is 0. The molecule has 0 rings (SSSR count). The van der Waals surface area contributed by atoms with Crippen LogP contribution in [0.15, 0.2) is 0 Å². The first-order valence-electron chi connectivity index (χ1n) is 3.14. The van der Waals surface area contributed by atoms with Crippen LogP contribution in [0.1, 0.15) is 20.8 Å². The molecule has 0 amide bonds. The standard InChI is InChI=1S/C5H11Cl2NO2S/c1-4(2)8(5(3)6)11(7,9)10/h4-5H,1-3H3. The number of halogens is 2. The van der Waals surface area contributed by atoms with Crippen LogP contribution in [0.2, 0.25) is 0 Å². The van der Waals surface area contributed by atoms with Crippen molar-refractivity contribution < 1.29 is 8.42 Å². The summed E-state index contributed by atoms with van der Waals surface area (Å²) in [6.45, 7) is 4.97. The second-order valence-electron chi connectivity index (χ2n) is 2.44. The number of alkyl halides is 1. The third kappa shape index (κ3) is 3.60. The Morgan fingerprint density at radius 2 is 1.64 bits per heavy atom. The molecule has 0 heterocycles. The fraction of sp³-hybridized carbons (Fsp3) is 1.00. The molecule has 0 N–H and O–H groups in total. The quantitative estimate of drug-likeness (QED) is 0.413. The van der Waals surface area contributed by atoms with Gasteiger partial charge in [-0.2, -0.15) is 12.7 Å². The smallest absolute Gasteiger partial charge is 0.195 e. The second kappa shape index (κ2) is 3.94. The number of hydrogen-bond donors (Lipinski definition) is 0. The van der Waals surface area contributed by atoms with Gasteiger partial charge in [-0.1, -0.05) is 0 Å². The molecule has 0 aromatic heterocycles. The molecule has 0 bridgehead atoms. The minimum atomic E-state index is -3.69. The summed E-state index contributed by atoms with van der Waals surface area (Å²) < 4.78 is 22.7. The highest BCUT2D eigenvalue weighted by Crippen LogP contribution is 2.17. The van der Waals surface area contributed by atoms with E-state index < -0.39 is 14.7 Å². The molecule has 0 saturated heterocycles. The van der Waals surface area contributed by atoms with E-state index in [0.29, 0.717) is 0 Å². The monoisotopic (exact) mass is 219 g/mol. The van der Waals surface area contributed by atoms with Gasteiger partial charge in [-0.3, -0.25) is 0 Å². The predicted octanol–water partition coefficient (Wildman–Crippen LogP) is 1.77. The molecule has 0 aliphatic rings. The molecule has 0 aromatic carbocycles. The van der Waals surface area contributed by atoms with Crippen molar-refractivity contribution in [3.8, 4) is 0 Å². The van der Waals surface area contributed by atoms with E-state index in [4.69, 9.17) is 22.3 Å². The lowest BCUT2D eigenvalue weighted by molar-refractivity contribution is 0.352. The highest BCUT2D eigenvalue weighted by Gasteiger charge is 2.26. The summed E-state index contributed by atoms with van der Waals surface area (Å²) in [5, 5.41) is 0. The van der Waals surface area contributed by atoms with Crippen LogP contribution in [0.4, 0.5) is 0 Å². The van der Waals surface area contributed by atoms with Crippen molar-refractivity contribution in [2.24, 2.45) is 0 Å². The maximum absolute atomic E-state index is 10.8. The fourth-order valence-corrected chi connectivity index (χ4v) is 3.19. The topological polar surface area (TPSA) is 37.4 Å². The zero-order valence-corrected chi connectivity index (χ0v) is 8.91. The molecule has 68 valence electrons. The third-order valence-electron chi connectivity index (χ3n) is 1.11. The van der Waals surface area contributed by atoms with Gasteiger partial charge in [0.15, 0.2) is 0 Å². The minimum absolute atomic E-state index is 0.218. The second-order valence-corrected chi connectivity index (χ2v) is 5.49. The Hall–Kier alpha value is 0.490. The normalized spacial score (nSPS) is 15.9. The van der Waals surface area contributed by atoms with Gasteiger partial charge in [-0.05, 0) is 20.8 Å². The van der Waals surface area contributed by atoms with Crippen LogP contribution in [0.5, 0.6) is 0 Å². The van der Waals surface area contributed by atoms with Gasteiger partial charge < -0.3 is 0 Å². The summed E-state index contributed by atoms with van der Waals surface area (Å²) in [5.41, 5.74) is -0.613. The number of nitrogens with zero attached hydrogens (tertiary/aromatic N) is 1. The van der Waals surface area contributed by atoms with E-state index in [1.165, 1.54) is 0 Å². The Balaban J connectivity index is 4.64. The maximum Gasteiger partial charge on any atom is 0.301 e. The van der Waals surface area contributed by atoms with Gasteiger partial charge in [0.25, 0.3) is 0 Å². The lowest BCUT2D eigenvalue weighted by Gasteiger charge is -2.24. The van der Waals surface area contributed by atoms with Gasteiger partial charge in [0.2, 0.25) is 0 Å². The Kier molecular flexibility index (Phi) is 4.11. The lowest BCUT2D eigenvalue weighted by atomic mass is 10.4. The summed E-state index contributed by atoms with van der Waals surface area (Å²) in [5.74, 6) is 0. The molecule has 6 heteroatoms. The number of hydrogen-bond acceptors (Lipinski definition) is 2. The molecule has 0 aromatic rings. The van der Waals surface area contributed by atoms with E-state index in [9.17, 15) is 8.42 Å². The molecule has 0 radical (unpaired) electrons. The maximum atomic E-state index is 10.8. The minimum Gasteiger partial charge on any atom is -0.195 e. The van der Waals surface area contributed by atoms with Crippen molar-refractivity contribution >= 4 is 31.5 Å². The van der Waals surface area contributed by atoms with Crippen molar-refractivity contribution in [3.63, 3.8) is 0 Å². The van der Waals surface area contributed by atoms with Crippen LogP contribution in [0.3, 0.4) is 0 Å². The van der Waals surface area contributed by atoms with Gasteiger partial charge in [0.05, 0.1) is 5.50 Å². The largest absolute Gasteiger partial charge is 0.301 e. The highest BCUT2D eigenvalue weighted by molar-refractivity contribution is 8.11. The van der Waals surface area contributed by atoms with Crippen LogP contribution in [0, 0.1) is 0 Å². The Morgan fingerprint density at radius 1 is 1.27 bits per heavy atom. The van der Waals surface area contributed by atoms with E-state index >= 15 is 0 Å². The van der Waals surface area contributed by atoms with Crippen LogP contribution in [-0.4, -0.2) is 24.3 Å². The van der Waals surface area contributed by atoms with Gasteiger partial charge in [-0.15, -0.1) is 11.6 Å². The van der Waals surface area contributed by atoms with Crippen molar-refractivity contribution in [2.45, 2.75) is 32.3 Å². The predicted molar refractivity (Wildman–Crippen MR) is 47.1 cm³/mol. The SMILES string of the molecule is CC(C)N(C(C)Cl)S(=O)(=O)Cl. The van der Waals surface area contributed by atoms with Crippen molar-refractivity contribution in [3.05, 3.63) is 0 Å². The summed E-state index contributed by atoms with van der Waals surface area (Å²) >= 11 is 5.59. The zero-order chi connectivity index (χ0) is 9.23. The molecule has 0 spiro atoms. The van der Waals surface area contributed by atoms with Gasteiger partial charge >= 0.3 is 9.24 Å². The van der Waals surface area contributed by atoms with E-state index in [2.05, 4.69) is 0 Å². The molecule has 0 aliphatic heterocycles. The van der Waals surface area contributed by atoms with Crippen molar-refractivity contribution in [1.82, 2.24) is 4.31 Å². The molecular formula is C5H11Cl2NO2S. The highest BCUT2D eigenvalue weighted by atomic mass is 35.7. The number of rotatable bonds is 3. The van der Waals surface area contributed by atoms with Gasteiger partial charge in [-0.25, -0.2) is 0 Å². The van der Waals surface area contributed by atoms with E-state index in [1.807, 2.05) is 0 Å². The zero-order valence-electron chi connectivity index (χ0n) is 6.58. The van der Waals surface area contributed by atoms with Crippen molar-refractivity contribution in [2.75, 3.05) is 0 Å². The van der Waals surface area contributed by atoms with Gasteiger partial charge in [0.1, 0.15) is 0 Å². The fourth-order valence-electron chi connectivity index (χ4n) is 0.836. The summed E-state index contributed by atoms with van der Waals surface area (Å²) in [6.07, 6.45) is 0. The van der Waals surface area contributed by atoms with Crippen LogP contribution in [-0.2, 0) is 9.24 Å². The van der Waals surface area contributed by atoms with E-state index in [-0.39, 0.29) is 6.04 Å². The molecular weight excluding hydrogens is 209 g/mol. The van der Waals surface area contributed by atoms with E-state index in [0.717, 1.165) is 4.31 Å². The molecule has 11 heavy (non-hydrogen) atoms. The average Bonchev–Trinajstić information content (AvgIpc) is 1.54. The van der Waals surface area contributed by atoms with Crippen LogP contribution >= 0.6 is 22.3 Å². The van der Waals surface area contributed by atoms with E-state index in [1.54, 1.807) is 20.8 Å². The summed E-state index contributed by atoms with van der Waals surface area (Å²) in [6, 6.07) is -0.218. The molecule has 1 unspecified atom stereocenters. The first-order chi connectivity index (χ1) is 4.76. The molecule has 3 nitrogen and oxygen atoms in total. The Labute approximate surface area is 76.8 Å². The third-order valence-corrected chi connectivity index (χ3v) is 3.16. The van der Waals surface area contributed by atoms with Crippen LogP contribution in [0.25, 0.3) is 0 Å². The molecule has 0 aliphatic carbocycles. The van der Waals surface area contributed by atoms with Crippen molar-refractivity contribution in [1.29, 1.82) is 0 Å². The van der Waals surface area contributed by atoms with Crippen LogP contribution < -0.4 is 0 Å². The lowest BCUT2D eigenvalue weighted by Crippen LogP contribution is -2.38. The molecule has 1 atom stereocenters. The first kappa shape index (κ1) is 11.5. The molecule has 0 fully saturated rings. The Morgan fingerprint density at radius 3 is 1.64 bits per heavy atom. The first-order valence-corrected chi connectivity index (χ1v) is 5.84. The summed E-state index contributed by atoms with van der Waals surface area (Å²) in [7, 11) is 1.41. The van der Waals surface area contributed by atoms with Gasteiger partial charge in [0, 0.05) is 16.7 Å². The average molecular weight is 220 g/mol.